The van der Waals surface area contributed by atoms with Gasteiger partial charge in [0.05, 0.1) is 10.5 Å². The van der Waals surface area contributed by atoms with Gasteiger partial charge in [-0.2, -0.15) is 13.2 Å². The van der Waals surface area contributed by atoms with E-state index in [1.54, 1.807) is 0 Å². The van der Waals surface area contributed by atoms with Crippen LogP contribution in [0.1, 0.15) is 12.0 Å². The summed E-state index contributed by atoms with van der Waals surface area (Å²) in [5.41, 5.74) is -0.992. The second-order valence-electron chi connectivity index (χ2n) is 3.50. The third-order valence-electron chi connectivity index (χ3n) is 2.11. The lowest BCUT2D eigenvalue weighted by Crippen LogP contribution is -2.24. The molecule has 0 saturated carbocycles. The smallest absolute Gasteiger partial charge is 0.211 e. The molecular formula is C11H12F3NO2S. The lowest BCUT2D eigenvalue weighted by Gasteiger charge is -2.09. The van der Waals surface area contributed by atoms with Crippen molar-refractivity contribution in [2.24, 2.45) is 0 Å². The van der Waals surface area contributed by atoms with Crippen LogP contribution in [-0.4, -0.2) is 15.0 Å². The molecule has 100 valence electrons. The number of hydrogen-bond donors (Lipinski definition) is 1. The number of rotatable bonds is 5. The summed E-state index contributed by atoms with van der Waals surface area (Å²) in [5, 5.41) is 0. The predicted molar refractivity (Wildman–Crippen MR) is 61.4 cm³/mol. The number of hydrogen-bond acceptors (Lipinski definition) is 2. The molecule has 0 amide bonds. The molecule has 1 N–H and O–H groups in total. The third-order valence-corrected chi connectivity index (χ3v) is 3.57. The van der Waals surface area contributed by atoms with E-state index in [9.17, 15) is 21.6 Å². The molecule has 0 heterocycles. The van der Waals surface area contributed by atoms with Crippen molar-refractivity contribution in [1.82, 2.24) is 4.72 Å². The SMILES string of the molecule is C=CCCNS(=O)(=O)c1cccc(C(F)(F)F)c1. The van der Waals surface area contributed by atoms with Crippen molar-refractivity contribution in [3.8, 4) is 0 Å². The number of sulfonamides is 1. The van der Waals surface area contributed by atoms with Crippen molar-refractivity contribution in [1.29, 1.82) is 0 Å². The van der Waals surface area contributed by atoms with Gasteiger partial charge in [0.2, 0.25) is 10.0 Å². The molecule has 0 unspecified atom stereocenters. The maximum absolute atomic E-state index is 12.4. The number of halogens is 3. The molecule has 7 heteroatoms. The van der Waals surface area contributed by atoms with Crippen LogP contribution in [0.4, 0.5) is 13.2 Å². The monoisotopic (exact) mass is 279 g/mol. The van der Waals surface area contributed by atoms with Gasteiger partial charge in [-0.25, -0.2) is 13.1 Å². The summed E-state index contributed by atoms with van der Waals surface area (Å²) >= 11 is 0. The molecule has 0 bridgehead atoms. The van der Waals surface area contributed by atoms with E-state index in [1.807, 2.05) is 0 Å². The molecule has 0 atom stereocenters. The zero-order valence-corrected chi connectivity index (χ0v) is 10.2. The van der Waals surface area contributed by atoms with Gasteiger partial charge in [0, 0.05) is 6.54 Å². The Morgan fingerprint density at radius 2 is 2.00 bits per heavy atom. The predicted octanol–water partition coefficient (Wildman–Crippen LogP) is 2.56. The molecular weight excluding hydrogens is 267 g/mol. The Balaban J connectivity index is 2.99. The van der Waals surface area contributed by atoms with Crippen molar-refractivity contribution in [2.75, 3.05) is 6.54 Å². The van der Waals surface area contributed by atoms with Crippen LogP contribution in [-0.2, 0) is 16.2 Å². The Morgan fingerprint density at radius 3 is 2.56 bits per heavy atom. The summed E-state index contributed by atoms with van der Waals surface area (Å²) in [4.78, 5) is -0.401. The second kappa shape index (κ2) is 5.53. The van der Waals surface area contributed by atoms with Crippen LogP contribution in [0.5, 0.6) is 0 Å². The Labute approximate surface area is 103 Å². The number of nitrogens with one attached hydrogen (secondary N) is 1. The first kappa shape index (κ1) is 14.7. The Hall–Kier alpha value is -1.34. The van der Waals surface area contributed by atoms with Crippen LogP contribution >= 0.6 is 0 Å². The van der Waals surface area contributed by atoms with E-state index in [1.165, 1.54) is 6.08 Å². The minimum Gasteiger partial charge on any atom is -0.211 e. The van der Waals surface area contributed by atoms with Crippen LogP contribution in [0, 0.1) is 0 Å². The summed E-state index contributed by atoms with van der Waals surface area (Å²) in [5.74, 6) is 0. The van der Waals surface area contributed by atoms with Crippen LogP contribution in [0.15, 0.2) is 41.8 Å². The van der Waals surface area contributed by atoms with Crippen molar-refractivity contribution in [3.63, 3.8) is 0 Å². The van der Waals surface area contributed by atoms with E-state index in [-0.39, 0.29) is 6.54 Å². The fraction of sp³-hybridized carbons (Fsp3) is 0.273. The highest BCUT2D eigenvalue weighted by Gasteiger charge is 2.31. The molecule has 0 aliphatic rings. The first-order valence-corrected chi connectivity index (χ1v) is 6.53. The third kappa shape index (κ3) is 3.85. The fourth-order valence-electron chi connectivity index (χ4n) is 1.22. The largest absolute Gasteiger partial charge is 0.416 e. The van der Waals surface area contributed by atoms with E-state index in [4.69, 9.17) is 0 Å². The molecule has 3 nitrogen and oxygen atoms in total. The highest BCUT2D eigenvalue weighted by Crippen LogP contribution is 2.30. The summed E-state index contributed by atoms with van der Waals surface area (Å²) in [6, 6.07) is 3.61. The van der Waals surface area contributed by atoms with Crippen molar-refractivity contribution >= 4 is 10.0 Å². The summed E-state index contributed by atoms with van der Waals surface area (Å²) < 4.78 is 62.8. The molecule has 18 heavy (non-hydrogen) atoms. The lowest BCUT2D eigenvalue weighted by molar-refractivity contribution is -0.137. The molecule has 1 rings (SSSR count). The number of benzene rings is 1. The van der Waals surface area contributed by atoms with E-state index in [0.717, 1.165) is 18.2 Å². The highest BCUT2D eigenvalue weighted by atomic mass is 32.2. The zero-order valence-electron chi connectivity index (χ0n) is 9.37. The molecule has 0 saturated heterocycles. The van der Waals surface area contributed by atoms with Gasteiger partial charge in [0.1, 0.15) is 0 Å². The summed E-state index contributed by atoms with van der Waals surface area (Å²) in [6.45, 7) is 3.52. The van der Waals surface area contributed by atoms with Gasteiger partial charge in [-0.1, -0.05) is 12.1 Å². The van der Waals surface area contributed by atoms with Gasteiger partial charge in [0.15, 0.2) is 0 Å². The van der Waals surface area contributed by atoms with Gasteiger partial charge in [0.25, 0.3) is 0 Å². The minimum atomic E-state index is -4.56. The lowest BCUT2D eigenvalue weighted by atomic mass is 10.2. The normalized spacial score (nSPS) is 12.4. The van der Waals surface area contributed by atoms with Crippen molar-refractivity contribution in [3.05, 3.63) is 42.5 Å². The zero-order chi connectivity index (χ0) is 13.8. The van der Waals surface area contributed by atoms with Gasteiger partial charge in [-0.15, -0.1) is 6.58 Å². The topological polar surface area (TPSA) is 46.2 Å². The molecule has 1 aromatic carbocycles. The molecule has 1 aromatic rings. The Morgan fingerprint density at radius 1 is 1.33 bits per heavy atom. The van der Waals surface area contributed by atoms with Crippen molar-refractivity contribution < 1.29 is 21.6 Å². The van der Waals surface area contributed by atoms with Crippen molar-refractivity contribution in [2.45, 2.75) is 17.5 Å². The average Bonchev–Trinajstić information content (AvgIpc) is 2.28. The van der Waals surface area contributed by atoms with Crippen LogP contribution in [0.3, 0.4) is 0 Å². The molecule has 0 aliphatic heterocycles. The average molecular weight is 279 g/mol. The summed E-state index contributed by atoms with van der Waals surface area (Å²) in [6.07, 6.45) is -2.65. The van der Waals surface area contributed by atoms with E-state index in [0.29, 0.717) is 12.5 Å². The Kier molecular flexibility index (Phi) is 4.53. The Bertz CT molecular complexity index is 523. The van der Waals surface area contributed by atoms with Crippen LogP contribution < -0.4 is 4.72 Å². The first-order valence-electron chi connectivity index (χ1n) is 5.05. The van der Waals surface area contributed by atoms with E-state index >= 15 is 0 Å². The highest BCUT2D eigenvalue weighted by molar-refractivity contribution is 7.89. The maximum atomic E-state index is 12.4. The molecule has 0 fully saturated rings. The van der Waals surface area contributed by atoms with E-state index < -0.39 is 26.7 Å². The molecule has 0 aliphatic carbocycles. The van der Waals surface area contributed by atoms with Gasteiger partial charge in [-0.3, -0.25) is 0 Å². The maximum Gasteiger partial charge on any atom is 0.416 e. The van der Waals surface area contributed by atoms with Gasteiger partial charge in [-0.05, 0) is 24.6 Å². The summed E-state index contributed by atoms with van der Waals surface area (Å²) in [7, 11) is -3.91. The number of alkyl halides is 3. The van der Waals surface area contributed by atoms with Crippen LogP contribution in [0.25, 0.3) is 0 Å². The first-order chi connectivity index (χ1) is 8.27. The van der Waals surface area contributed by atoms with E-state index in [2.05, 4.69) is 11.3 Å². The molecule has 0 radical (unpaired) electrons. The minimum absolute atomic E-state index is 0.0993. The van der Waals surface area contributed by atoms with Gasteiger partial charge < -0.3 is 0 Å². The molecule has 0 aromatic heterocycles. The molecule has 0 spiro atoms. The quantitative estimate of drug-likeness (QED) is 0.665. The second-order valence-corrected chi connectivity index (χ2v) is 5.27. The fourth-order valence-corrected chi connectivity index (χ4v) is 2.31. The standard InChI is InChI=1S/C11H12F3NO2S/c1-2-3-7-15-18(16,17)10-6-4-5-9(8-10)11(12,13)14/h2,4-6,8,15H,1,3,7H2. The van der Waals surface area contributed by atoms with Gasteiger partial charge >= 0.3 is 6.18 Å². The van der Waals surface area contributed by atoms with Crippen LogP contribution in [0.2, 0.25) is 0 Å².